The summed E-state index contributed by atoms with van der Waals surface area (Å²) in [6.07, 6.45) is 6.65. The van der Waals surface area contributed by atoms with E-state index < -0.39 is 11.9 Å². The van der Waals surface area contributed by atoms with Gasteiger partial charge < -0.3 is 14.2 Å². The average Bonchev–Trinajstić information content (AvgIpc) is 2.80. The van der Waals surface area contributed by atoms with Crippen LogP contribution in [-0.2, 0) is 19.0 Å². The van der Waals surface area contributed by atoms with Crippen LogP contribution in [0, 0.1) is 5.92 Å². The minimum absolute atomic E-state index is 0.160. The van der Waals surface area contributed by atoms with Gasteiger partial charge in [0.2, 0.25) is 0 Å². The first-order valence-corrected chi connectivity index (χ1v) is 5.90. The number of carbonyl (C=O) groups is 1. The summed E-state index contributed by atoms with van der Waals surface area (Å²) >= 11 is 0. The van der Waals surface area contributed by atoms with E-state index in [1.54, 1.807) is 0 Å². The monoisotopic (exact) mass is 226 g/mol. The topological polar surface area (TPSA) is 44.8 Å². The van der Waals surface area contributed by atoms with Crippen LogP contribution in [0.3, 0.4) is 0 Å². The Balaban J connectivity index is 2.07. The molecule has 1 saturated heterocycles. The van der Waals surface area contributed by atoms with E-state index in [4.69, 9.17) is 14.2 Å². The molecule has 1 aliphatic heterocycles. The maximum Gasteiger partial charge on any atom is 0.334 e. The molecule has 16 heavy (non-hydrogen) atoms. The van der Waals surface area contributed by atoms with Gasteiger partial charge in [-0.2, -0.15) is 0 Å². The molecule has 0 unspecified atom stereocenters. The lowest BCUT2D eigenvalue weighted by atomic mass is 9.87. The largest absolute Gasteiger partial charge is 0.404 e. The molecule has 0 radical (unpaired) electrons. The summed E-state index contributed by atoms with van der Waals surface area (Å²) in [4.78, 5) is 11.3. The van der Waals surface area contributed by atoms with Gasteiger partial charge in [0, 0.05) is 6.08 Å². The Morgan fingerprint density at radius 1 is 1.25 bits per heavy atom. The third kappa shape index (κ3) is 2.28. The fourth-order valence-corrected chi connectivity index (χ4v) is 2.43. The van der Waals surface area contributed by atoms with Crippen LogP contribution in [0.2, 0.25) is 0 Å². The molecular weight excluding hydrogens is 208 g/mol. The smallest absolute Gasteiger partial charge is 0.334 e. The number of hydrogen-bond acceptors (Lipinski definition) is 4. The zero-order valence-corrected chi connectivity index (χ0v) is 9.44. The molecule has 2 fully saturated rings. The summed E-state index contributed by atoms with van der Waals surface area (Å²) in [6.45, 7) is 4.37. The van der Waals surface area contributed by atoms with Crippen molar-refractivity contribution in [2.45, 2.75) is 38.1 Å². The maximum atomic E-state index is 11.3. The molecule has 0 aromatic rings. The molecule has 0 atom stereocenters. The molecule has 4 heteroatoms. The van der Waals surface area contributed by atoms with Crippen molar-refractivity contribution in [1.82, 2.24) is 0 Å². The number of carbonyl (C=O) groups excluding carboxylic acids is 1. The Morgan fingerprint density at radius 2 is 1.88 bits per heavy atom. The number of hydrogen-bond donors (Lipinski definition) is 0. The summed E-state index contributed by atoms with van der Waals surface area (Å²) in [5.41, 5.74) is 0. The van der Waals surface area contributed by atoms with Crippen LogP contribution in [0.15, 0.2) is 12.7 Å². The SMILES string of the molecule is C=CC(=O)OC1(C2CCCCC2)OCCO1. The molecule has 1 saturated carbocycles. The number of rotatable bonds is 3. The second-order valence-corrected chi connectivity index (χ2v) is 4.26. The number of ether oxygens (including phenoxy) is 3. The van der Waals surface area contributed by atoms with Gasteiger partial charge in [-0.3, -0.25) is 0 Å². The van der Waals surface area contributed by atoms with E-state index in [0.717, 1.165) is 31.8 Å². The van der Waals surface area contributed by atoms with Crippen molar-refractivity contribution in [3.8, 4) is 0 Å². The normalized spacial score (nSPS) is 25.2. The lowest BCUT2D eigenvalue weighted by Gasteiger charge is -2.35. The Labute approximate surface area is 95.6 Å². The van der Waals surface area contributed by atoms with Gasteiger partial charge in [0.15, 0.2) is 0 Å². The van der Waals surface area contributed by atoms with E-state index in [1.165, 1.54) is 6.42 Å². The van der Waals surface area contributed by atoms with Crippen molar-refractivity contribution in [3.05, 3.63) is 12.7 Å². The van der Waals surface area contributed by atoms with E-state index in [9.17, 15) is 4.79 Å². The Kier molecular flexibility index (Phi) is 3.61. The van der Waals surface area contributed by atoms with Gasteiger partial charge in [-0.25, -0.2) is 4.79 Å². The highest BCUT2D eigenvalue weighted by Gasteiger charge is 2.48. The zero-order valence-electron chi connectivity index (χ0n) is 9.44. The minimum Gasteiger partial charge on any atom is -0.404 e. The highest BCUT2D eigenvalue weighted by atomic mass is 16.9. The lowest BCUT2D eigenvalue weighted by molar-refractivity contribution is -0.341. The quantitative estimate of drug-likeness (QED) is 0.545. The van der Waals surface area contributed by atoms with Gasteiger partial charge in [0.25, 0.3) is 0 Å². The van der Waals surface area contributed by atoms with Gasteiger partial charge >= 0.3 is 11.9 Å². The summed E-state index contributed by atoms with van der Waals surface area (Å²) in [7, 11) is 0. The summed E-state index contributed by atoms with van der Waals surface area (Å²) in [6, 6.07) is 0. The Morgan fingerprint density at radius 3 is 2.44 bits per heavy atom. The molecule has 0 N–H and O–H groups in total. The van der Waals surface area contributed by atoms with Crippen molar-refractivity contribution in [1.29, 1.82) is 0 Å². The molecule has 0 bridgehead atoms. The minimum atomic E-state index is -1.13. The van der Waals surface area contributed by atoms with E-state index in [1.807, 2.05) is 0 Å². The molecule has 1 heterocycles. The van der Waals surface area contributed by atoms with Crippen LogP contribution >= 0.6 is 0 Å². The van der Waals surface area contributed by atoms with E-state index in [-0.39, 0.29) is 5.92 Å². The second-order valence-electron chi connectivity index (χ2n) is 4.26. The Hall–Kier alpha value is -0.870. The standard InChI is InChI=1S/C12H18O4/c1-2-11(13)16-12(14-8-9-15-12)10-6-4-3-5-7-10/h2,10H,1,3-9H2. The molecular formula is C12H18O4. The van der Waals surface area contributed by atoms with Gasteiger partial charge in [-0.05, 0) is 12.8 Å². The number of esters is 1. The molecule has 4 nitrogen and oxygen atoms in total. The highest BCUT2D eigenvalue weighted by Crippen LogP contribution is 2.39. The lowest BCUT2D eigenvalue weighted by Crippen LogP contribution is -2.44. The molecule has 0 spiro atoms. The van der Waals surface area contributed by atoms with Gasteiger partial charge in [0.1, 0.15) is 0 Å². The van der Waals surface area contributed by atoms with E-state index in [0.29, 0.717) is 13.2 Å². The summed E-state index contributed by atoms with van der Waals surface area (Å²) in [5, 5.41) is 0. The molecule has 1 aliphatic carbocycles. The van der Waals surface area contributed by atoms with Crippen LogP contribution in [-0.4, -0.2) is 25.2 Å². The van der Waals surface area contributed by atoms with Gasteiger partial charge in [-0.15, -0.1) is 0 Å². The molecule has 2 aliphatic rings. The zero-order chi connectivity index (χ0) is 11.4. The maximum absolute atomic E-state index is 11.3. The van der Waals surface area contributed by atoms with E-state index in [2.05, 4.69) is 6.58 Å². The van der Waals surface area contributed by atoms with Gasteiger partial charge in [-0.1, -0.05) is 25.8 Å². The molecule has 0 aromatic carbocycles. The first kappa shape index (κ1) is 11.6. The summed E-state index contributed by atoms with van der Waals surface area (Å²) < 4.78 is 16.4. The van der Waals surface area contributed by atoms with Crippen LogP contribution in [0.25, 0.3) is 0 Å². The molecule has 90 valence electrons. The van der Waals surface area contributed by atoms with Crippen LogP contribution < -0.4 is 0 Å². The predicted octanol–water partition coefficient (Wildman–Crippen LogP) is 2.00. The van der Waals surface area contributed by atoms with Crippen LogP contribution in [0.5, 0.6) is 0 Å². The van der Waals surface area contributed by atoms with Crippen LogP contribution in [0.1, 0.15) is 32.1 Å². The molecule has 0 aromatic heterocycles. The first-order valence-electron chi connectivity index (χ1n) is 5.90. The third-order valence-electron chi connectivity index (χ3n) is 3.20. The average molecular weight is 226 g/mol. The first-order chi connectivity index (χ1) is 7.77. The second kappa shape index (κ2) is 4.97. The third-order valence-corrected chi connectivity index (χ3v) is 3.20. The summed E-state index contributed by atoms with van der Waals surface area (Å²) in [5.74, 6) is -1.45. The fourth-order valence-electron chi connectivity index (χ4n) is 2.43. The molecule has 2 rings (SSSR count). The van der Waals surface area contributed by atoms with Crippen molar-refractivity contribution in [2.75, 3.05) is 13.2 Å². The Bertz CT molecular complexity index is 262. The van der Waals surface area contributed by atoms with Crippen molar-refractivity contribution in [3.63, 3.8) is 0 Å². The predicted molar refractivity (Wildman–Crippen MR) is 57.5 cm³/mol. The van der Waals surface area contributed by atoms with Crippen LogP contribution in [0.4, 0.5) is 0 Å². The van der Waals surface area contributed by atoms with Crippen molar-refractivity contribution < 1.29 is 19.0 Å². The van der Waals surface area contributed by atoms with Crippen molar-refractivity contribution in [2.24, 2.45) is 5.92 Å². The fraction of sp³-hybridized carbons (Fsp3) is 0.750. The van der Waals surface area contributed by atoms with Gasteiger partial charge in [0.05, 0.1) is 19.1 Å². The van der Waals surface area contributed by atoms with Crippen molar-refractivity contribution >= 4 is 5.97 Å². The van der Waals surface area contributed by atoms with E-state index >= 15 is 0 Å². The molecule has 0 amide bonds. The highest BCUT2D eigenvalue weighted by molar-refractivity contribution is 5.81.